The number of amides is 1. The first-order chi connectivity index (χ1) is 18.6. The van der Waals surface area contributed by atoms with Crippen LogP contribution in [0.15, 0.2) is 97.1 Å². The van der Waals surface area contributed by atoms with E-state index in [0.29, 0.717) is 29.0 Å². The maximum Gasteiger partial charge on any atom is 0.356 e. The highest BCUT2D eigenvalue weighted by Crippen LogP contribution is 2.47. The Bertz CT molecular complexity index is 1520. The van der Waals surface area contributed by atoms with Crippen LogP contribution in [0.2, 0.25) is 5.02 Å². The van der Waals surface area contributed by atoms with Crippen molar-refractivity contribution in [3.05, 3.63) is 113 Å². The fraction of sp³-hybridized carbons (Fsp3) is 0.167. The summed E-state index contributed by atoms with van der Waals surface area (Å²) in [6.07, 6.45) is 0.0873. The molecule has 0 aromatic heterocycles. The molecule has 39 heavy (non-hydrogen) atoms. The summed E-state index contributed by atoms with van der Waals surface area (Å²) in [6, 6.07) is 27.0. The van der Waals surface area contributed by atoms with E-state index in [-0.39, 0.29) is 28.9 Å². The molecule has 4 N–H and O–H groups in total. The van der Waals surface area contributed by atoms with E-state index >= 15 is 0 Å². The maximum atomic E-state index is 13.3. The largest absolute Gasteiger partial charge is 0.507 e. The Hall–Kier alpha value is -3.45. The molecule has 4 aromatic rings. The van der Waals surface area contributed by atoms with Crippen molar-refractivity contribution in [1.82, 2.24) is 0 Å². The maximum absolute atomic E-state index is 13.3. The highest BCUT2D eigenvalue weighted by Gasteiger charge is 2.48. The van der Waals surface area contributed by atoms with Crippen LogP contribution in [0, 0.1) is 5.92 Å². The van der Waals surface area contributed by atoms with Crippen LogP contribution in [-0.4, -0.2) is 25.9 Å². The number of hydrogen-bond donors (Lipinski definition) is 4. The van der Waals surface area contributed by atoms with Crippen LogP contribution >= 0.6 is 19.2 Å². The van der Waals surface area contributed by atoms with Crippen LogP contribution in [0.25, 0.3) is 11.1 Å². The molecule has 5 rings (SSSR count). The van der Waals surface area contributed by atoms with E-state index in [1.807, 2.05) is 36.4 Å². The minimum Gasteiger partial charge on any atom is -0.507 e. The van der Waals surface area contributed by atoms with Crippen LogP contribution in [0.1, 0.15) is 36.1 Å². The third-order valence-electron chi connectivity index (χ3n) is 7.13. The average molecular weight is 564 g/mol. The second-order valence-electron chi connectivity index (χ2n) is 9.61. The molecule has 0 unspecified atom stereocenters. The lowest BCUT2D eigenvalue weighted by Crippen LogP contribution is -2.55. The summed E-state index contributed by atoms with van der Waals surface area (Å²) in [5, 5.41) is 22.1. The van der Waals surface area contributed by atoms with E-state index in [1.165, 1.54) is 12.1 Å². The molecule has 4 aromatic carbocycles. The molecular weight excluding hydrogens is 537 g/mol. The first-order valence-electron chi connectivity index (χ1n) is 12.4. The lowest BCUT2D eigenvalue weighted by atomic mass is 9.78. The van der Waals surface area contributed by atoms with Gasteiger partial charge in [-0.15, -0.1) is 0 Å². The molecule has 0 bridgehead atoms. The number of para-hydroxylation sites is 1. The molecule has 200 valence electrons. The minimum atomic E-state index is -4.37. The van der Waals surface area contributed by atoms with Gasteiger partial charge in [-0.1, -0.05) is 66.2 Å². The number of phenolic OH excluding ortho intramolecular Hbond substituents is 1. The van der Waals surface area contributed by atoms with Gasteiger partial charge in [-0.2, -0.15) is 0 Å². The third kappa shape index (κ3) is 5.64. The molecule has 0 saturated carbocycles. The van der Waals surface area contributed by atoms with Crippen molar-refractivity contribution in [3.8, 4) is 16.9 Å². The summed E-state index contributed by atoms with van der Waals surface area (Å²) in [5.74, 6) is -0.449. The van der Waals surface area contributed by atoms with Crippen LogP contribution < -0.4 is 10.2 Å². The highest BCUT2D eigenvalue weighted by atomic mass is 35.5. The standard InChI is InChI=1S/C30H27ClNO6P/c31-22-11-6-20(7-12-22)27(33)17-16-26-29(32(30(26)35)23-4-2-1-3-5-23)21-10-15-25(28(34)18-21)19-8-13-24(14-9-19)39(36,37)38/h1-15,18,26-27,29,33-34H,16-17H2,(H2,36,37,38)/t26-,27+,29-/m1/s1. The summed E-state index contributed by atoms with van der Waals surface area (Å²) in [5.41, 5.74) is 3.33. The molecule has 7 nitrogen and oxygen atoms in total. The van der Waals surface area contributed by atoms with E-state index in [9.17, 15) is 29.4 Å². The smallest absolute Gasteiger partial charge is 0.356 e. The number of benzene rings is 4. The van der Waals surface area contributed by atoms with E-state index in [0.717, 1.165) is 16.8 Å². The fourth-order valence-corrected chi connectivity index (χ4v) is 5.75. The second kappa shape index (κ2) is 11.0. The van der Waals surface area contributed by atoms with E-state index in [4.69, 9.17) is 11.6 Å². The fourth-order valence-electron chi connectivity index (χ4n) is 5.09. The van der Waals surface area contributed by atoms with Gasteiger partial charge in [0.2, 0.25) is 5.91 Å². The summed E-state index contributed by atoms with van der Waals surface area (Å²) >= 11 is 5.96. The first kappa shape index (κ1) is 27.1. The Balaban J connectivity index is 1.41. The number of phenols is 1. The van der Waals surface area contributed by atoms with Crippen LogP contribution in [-0.2, 0) is 9.36 Å². The van der Waals surface area contributed by atoms with Gasteiger partial charge in [0.15, 0.2) is 0 Å². The molecule has 1 saturated heterocycles. The number of carbonyl (C=O) groups excluding carboxylic acids is 1. The minimum absolute atomic E-state index is 0.0104. The van der Waals surface area contributed by atoms with E-state index < -0.39 is 13.7 Å². The topological polar surface area (TPSA) is 118 Å². The van der Waals surface area contributed by atoms with Gasteiger partial charge in [-0.3, -0.25) is 9.36 Å². The zero-order valence-electron chi connectivity index (χ0n) is 20.8. The Kier molecular flexibility index (Phi) is 7.63. The van der Waals surface area contributed by atoms with Crippen molar-refractivity contribution in [1.29, 1.82) is 0 Å². The van der Waals surface area contributed by atoms with Crippen molar-refractivity contribution in [2.45, 2.75) is 25.0 Å². The van der Waals surface area contributed by atoms with Gasteiger partial charge >= 0.3 is 7.60 Å². The van der Waals surface area contributed by atoms with Crippen molar-refractivity contribution in [2.75, 3.05) is 4.90 Å². The first-order valence-corrected chi connectivity index (χ1v) is 14.4. The van der Waals surface area contributed by atoms with E-state index in [2.05, 4.69) is 0 Å². The zero-order chi connectivity index (χ0) is 27.7. The molecular formula is C30H27ClNO6P. The van der Waals surface area contributed by atoms with Crippen molar-refractivity contribution >= 4 is 36.1 Å². The Morgan fingerprint density at radius 1 is 0.897 bits per heavy atom. The van der Waals surface area contributed by atoms with Gasteiger partial charge < -0.3 is 24.9 Å². The molecule has 0 radical (unpaired) electrons. The zero-order valence-corrected chi connectivity index (χ0v) is 22.4. The quantitative estimate of drug-likeness (QED) is 0.160. The molecule has 1 aliphatic rings. The number of hydrogen-bond acceptors (Lipinski definition) is 4. The van der Waals surface area contributed by atoms with Crippen molar-refractivity contribution < 1.29 is 29.4 Å². The molecule has 1 heterocycles. The number of halogens is 1. The number of carbonyl (C=O) groups is 1. The number of nitrogens with zero attached hydrogens (tertiary/aromatic N) is 1. The summed E-state index contributed by atoms with van der Waals surface area (Å²) < 4.78 is 11.5. The number of aliphatic hydroxyl groups excluding tert-OH is 1. The molecule has 3 atom stereocenters. The third-order valence-corrected chi connectivity index (χ3v) is 8.35. The van der Waals surface area contributed by atoms with Gasteiger partial charge in [0.05, 0.1) is 23.4 Å². The van der Waals surface area contributed by atoms with Gasteiger partial charge in [0.1, 0.15) is 5.75 Å². The van der Waals surface area contributed by atoms with Crippen LogP contribution in [0.3, 0.4) is 0 Å². The monoisotopic (exact) mass is 563 g/mol. The van der Waals surface area contributed by atoms with Gasteiger partial charge in [-0.25, -0.2) is 0 Å². The van der Waals surface area contributed by atoms with E-state index in [1.54, 1.807) is 53.4 Å². The Morgan fingerprint density at radius 2 is 1.56 bits per heavy atom. The van der Waals surface area contributed by atoms with Crippen LogP contribution in [0.4, 0.5) is 5.69 Å². The number of β-lactam (4-membered cyclic amide) rings is 1. The Labute approximate surface area is 231 Å². The molecule has 1 fully saturated rings. The SMILES string of the molecule is O=C1[C@H](CC[C@H](O)c2ccc(Cl)cc2)[C@@H](c2ccc(-c3ccc(P(=O)(O)O)cc3)c(O)c2)N1c1ccccc1. The van der Waals surface area contributed by atoms with Crippen molar-refractivity contribution in [2.24, 2.45) is 5.92 Å². The van der Waals surface area contributed by atoms with Gasteiger partial charge in [0, 0.05) is 16.3 Å². The van der Waals surface area contributed by atoms with Crippen LogP contribution in [0.5, 0.6) is 5.75 Å². The number of rotatable bonds is 8. The van der Waals surface area contributed by atoms with Crippen molar-refractivity contribution in [3.63, 3.8) is 0 Å². The summed E-state index contributed by atoms with van der Waals surface area (Å²) in [4.78, 5) is 33.8. The lowest BCUT2D eigenvalue weighted by molar-refractivity contribution is -0.131. The highest BCUT2D eigenvalue weighted by molar-refractivity contribution is 7.60. The predicted octanol–water partition coefficient (Wildman–Crippen LogP) is 5.73. The second-order valence-corrected chi connectivity index (χ2v) is 11.6. The lowest BCUT2D eigenvalue weighted by Gasteiger charge is -2.48. The van der Waals surface area contributed by atoms with Gasteiger partial charge in [0.25, 0.3) is 0 Å². The molecule has 1 amide bonds. The molecule has 1 aliphatic heterocycles. The average Bonchev–Trinajstić information content (AvgIpc) is 2.92. The normalized spacial score (nSPS) is 18.1. The number of anilines is 1. The summed E-state index contributed by atoms with van der Waals surface area (Å²) in [6.45, 7) is 0. The Morgan fingerprint density at radius 3 is 2.18 bits per heavy atom. The number of aliphatic hydroxyl groups is 1. The van der Waals surface area contributed by atoms with Gasteiger partial charge in [-0.05, 0) is 72.0 Å². The number of aromatic hydroxyl groups is 1. The molecule has 0 aliphatic carbocycles. The summed E-state index contributed by atoms with van der Waals surface area (Å²) in [7, 11) is -4.37. The molecule has 9 heteroatoms. The predicted molar refractivity (Wildman–Crippen MR) is 151 cm³/mol. The molecule has 0 spiro atoms.